The van der Waals surface area contributed by atoms with Gasteiger partial charge in [-0.05, 0) is 0 Å². The van der Waals surface area contributed by atoms with Crippen molar-refractivity contribution in [3.05, 3.63) is 54.6 Å². The molecule has 1 aliphatic heterocycles. The maximum atomic E-state index is 13.9. The first-order chi connectivity index (χ1) is 9.73. The van der Waals surface area contributed by atoms with E-state index >= 15 is 0 Å². The van der Waals surface area contributed by atoms with Crippen molar-refractivity contribution < 1.29 is 38.1 Å². The fraction of sp³-hybridized carbons (Fsp3) is 0. The van der Waals surface area contributed by atoms with Crippen LogP contribution in [0.3, 0.4) is 0 Å². The molecule has 22 heavy (non-hydrogen) atoms. The minimum Gasteiger partial charge on any atom is -0.214 e. The molecule has 12 heteroatoms. The third kappa shape index (κ3) is 5.33. The van der Waals surface area contributed by atoms with Crippen LogP contribution in [0.5, 0.6) is 0 Å². The number of halogens is 5. The Hall–Kier alpha value is -0.441. The Balaban J connectivity index is 0.000000344. The van der Waals surface area contributed by atoms with Crippen LogP contribution in [-0.2, 0) is 17.1 Å². The molecule has 0 aromatic heterocycles. The molecule has 0 fully saturated rings. The zero-order valence-corrected chi connectivity index (χ0v) is 14.4. The molecule has 124 valence electrons. The Morgan fingerprint density at radius 3 is 1.64 bits per heavy atom. The summed E-state index contributed by atoms with van der Waals surface area (Å²) in [5.41, 5.74) is 0. The summed E-state index contributed by atoms with van der Waals surface area (Å²) in [4.78, 5) is 0. The van der Waals surface area contributed by atoms with Gasteiger partial charge in [0.05, 0.1) is 0 Å². The Labute approximate surface area is 135 Å². The van der Waals surface area contributed by atoms with E-state index in [-0.39, 0.29) is 22.4 Å². The van der Waals surface area contributed by atoms with Gasteiger partial charge in [-0.15, -0.1) is 21.3 Å². The molecule has 0 saturated carbocycles. The molecule has 0 radical (unpaired) electrons. The zero-order valence-electron chi connectivity index (χ0n) is 10.6. The minimum atomic E-state index is -5.59. The summed E-state index contributed by atoms with van der Waals surface area (Å²) in [7, 11) is -15.8. The first kappa shape index (κ1) is 19.6. The van der Waals surface area contributed by atoms with E-state index in [9.17, 15) is 21.0 Å². The van der Waals surface area contributed by atoms with Gasteiger partial charge in [0.2, 0.25) is 7.52 Å². The second kappa shape index (κ2) is 7.42. The van der Waals surface area contributed by atoms with Gasteiger partial charge in [-0.25, -0.2) is 24.3 Å². The molecule has 0 N–H and O–H groups in total. The summed E-state index contributed by atoms with van der Waals surface area (Å²) >= 11 is 0. The van der Waals surface area contributed by atoms with Gasteiger partial charge in [0.15, 0.2) is 0 Å². The van der Waals surface area contributed by atoms with Gasteiger partial charge in [-0.2, -0.15) is 43.6 Å². The molecule has 3 nitrogen and oxygen atoms in total. The number of rotatable bonds is 1. The van der Waals surface area contributed by atoms with Crippen molar-refractivity contribution in [2.75, 3.05) is 0 Å². The average molecular weight is 415 g/mol. The van der Waals surface area contributed by atoms with E-state index in [1.54, 1.807) is 0 Å². The van der Waals surface area contributed by atoms with E-state index in [4.69, 9.17) is 0 Å². The summed E-state index contributed by atoms with van der Waals surface area (Å²) in [6.45, 7) is 0. The van der Waals surface area contributed by atoms with Crippen LogP contribution >= 0.6 is 23.2 Å². The van der Waals surface area contributed by atoms with Crippen molar-refractivity contribution >= 4 is 28.5 Å². The Morgan fingerprint density at radius 2 is 1.23 bits per heavy atom. The van der Waals surface area contributed by atoms with Crippen molar-refractivity contribution in [2.24, 2.45) is 13.5 Å². The summed E-state index contributed by atoms with van der Waals surface area (Å²) < 4.78 is 72.3. The molecule has 3 rings (SSSR count). The maximum Gasteiger partial charge on any atom is 0.422 e. The second-order valence-electron chi connectivity index (χ2n) is 3.81. The van der Waals surface area contributed by atoms with Crippen molar-refractivity contribution in [2.45, 2.75) is 0 Å². The van der Waals surface area contributed by atoms with Crippen molar-refractivity contribution in [1.82, 2.24) is 0 Å². The van der Waals surface area contributed by atoms with Gasteiger partial charge in [-0.1, -0.05) is 5.30 Å². The molecule has 1 aliphatic rings. The Morgan fingerprint density at radius 1 is 0.727 bits per heavy atom. The summed E-state index contributed by atoms with van der Waals surface area (Å²) in [5.74, 6) is 0. The predicted octanol–water partition coefficient (Wildman–Crippen LogP) is 7.22. The van der Waals surface area contributed by atoms with Crippen LogP contribution in [0.15, 0.2) is 68.1 Å². The fourth-order valence-electron chi connectivity index (χ4n) is 1.45. The summed E-state index contributed by atoms with van der Waals surface area (Å²) in [6, 6.07) is 14.9. The van der Waals surface area contributed by atoms with Gasteiger partial charge >= 0.3 is 15.7 Å². The molecule has 1 heterocycles. The first-order valence-corrected chi connectivity index (χ1v) is 10.1. The van der Waals surface area contributed by atoms with Crippen LogP contribution in [-0.4, -0.2) is 0 Å². The smallest absolute Gasteiger partial charge is 0.214 e. The van der Waals surface area contributed by atoms with Crippen molar-refractivity contribution in [1.29, 1.82) is 0 Å². The molecule has 2 aromatic carbocycles. The number of nitrogens with zero attached hydrogens (tertiary/aromatic N) is 3. The number of hydrogen-bond donors (Lipinski definition) is 0. The van der Waals surface area contributed by atoms with Gasteiger partial charge in [-0.3, -0.25) is 0 Å². The zero-order chi connectivity index (χ0) is 15.6. The molecule has 2 aromatic rings. The van der Waals surface area contributed by atoms with Crippen LogP contribution in [0.4, 0.5) is 21.0 Å². The molecule has 1 atom stereocenters. The van der Waals surface area contributed by atoms with Crippen LogP contribution in [0, 0.1) is 0 Å². The van der Waals surface area contributed by atoms with Gasteiger partial charge in [0, 0.05) is 17.1 Å². The Kier molecular flexibility index (Phi) is 6.61. The van der Waals surface area contributed by atoms with E-state index < -0.39 is 23.2 Å². The van der Waals surface area contributed by atoms with E-state index in [1.807, 2.05) is 34.8 Å². The first-order valence-electron chi connectivity index (χ1n) is 5.51. The maximum absolute atomic E-state index is 13.9. The monoisotopic (exact) mass is 415 g/mol. The average Bonchev–Trinajstić information content (AvgIpc) is 3.02. The SMILES string of the molecule is FP1(F)=NP(F)(F)=NP(F)([c-]2cccc2)=N1.[Fe].c1cc[cH-]c1. The topological polar surface area (TPSA) is 37.1 Å². The molecular formula is C10H9F5FeN3P3-2. The fourth-order valence-corrected chi connectivity index (χ4v) is 7.54. The number of hydrogen-bond acceptors (Lipinski definition) is 3. The molecule has 1 unspecified atom stereocenters. The molecule has 0 saturated heterocycles. The third-order valence-electron chi connectivity index (χ3n) is 2.20. The molecular weight excluding hydrogens is 406 g/mol. The standard InChI is InChI=1S/C5H4F5N3P3.C5H5.Fe/c6-14(5-3-1-2-4-5)11-15(7,8)13-16(9,10)12-14;1-2-4-5-3-1;/h1-4H;1-5H;/q2*-1;. The van der Waals surface area contributed by atoms with Crippen molar-refractivity contribution in [3.8, 4) is 0 Å². The van der Waals surface area contributed by atoms with Crippen molar-refractivity contribution in [3.63, 3.8) is 0 Å². The molecule has 0 bridgehead atoms. The van der Waals surface area contributed by atoms with Crippen LogP contribution in [0.1, 0.15) is 0 Å². The van der Waals surface area contributed by atoms with Gasteiger partial charge in [0.25, 0.3) is 0 Å². The molecule has 0 spiro atoms. The van der Waals surface area contributed by atoms with E-state index in [2.05, 4.69) is 9.03 Å². The van der Waals surface area contributed by atoms with Crippen LogP contribution in [0.2, 0.25) is 0 Å². The van der Waals surface area contributed by atoms with Crippen LogP contribution in [0.25, 0.3) is 0 Å². The van der Waals surface area contributed by atoms with E-state index in [1.165, 1.54) is 12.1 Å². The third-order valence-corrected chi connectivity index (χ3v) is 8.49. The Bertz CT molecular complexity index is 720. The predicted molar refractivity (Wildman–Crippen MR) is 77.3 cm³/mol. The second-order valence-corrected chi connectivity index (χ2v) is 9.35. The summed E-state index contributed by atoms with van der Waals surface area (Å²) in [6.07, 6.45) is 0. The van der Waals surface area contributed by atoms with E-state index in [0.29, 0.717) is 0 Å². The quantitative estimate of drug-likeness (QED) is 0.204. The minimum absolute atomic E-state index is 0. The molecule has 0 amide bonds. The van der Waals surface area contributed by atoms with Crippen LogP contribution < -0.4 is 5.30 Å². The normalized spacial score (nSPS) is 24.4. The van der Waals surface area contributed by atoms with E-state index in [0.717, 1.165) is 12.1 Å². The largest absolute Gasteiger partial charge is 0.422 e. The molecule has 0 aliphatic carbocycles. The van der Waals surface area contributed by atoms with Gasteiger partial charge in [0.1, 0.15) is 0 Å². The van der Waals surface area contributed by atoms with Gasteiger partial charge < -0.3 is 0 Å². The summed E-state index contributed by atoms with van der Waals surface area (Å²) in [5, 5.41) is -0.318.